The highest BCUT2D eigenvalue weighted by Gasteiger charge is 2.23. The summed E-state index contributed by atoms with van der Waals surface area (Å²) in [7, 11) is -3.53. The van der Waals surface area contributed by atoms with Crippen molar-refractivity contribution in [3.8, 4) is 0 Å². The molecule has 0 bridgehead atoms. The summed E-state index contributed by atoms with van der Waals surface area (Å²) < 4.78 is 27.9. The molecule has 0 radical (unpaired) electrons. The highest BCUT2D eigenvalue weighted by molar-refractivity contribution is 7.92. The summed E-state index contributed by atoms with van der Waals surface area (Å²) in [5.41, 5.74) is 3.20. The number of benzene rings is 2. The Balaban J connectivity index is 1.47. The van der Waals surface area contributed by atoms with E-state index in [1.807, 2.05) is 36.4 Å². The Hall–Kier alpha value is -1.81. The van der Waals surface area contributed by atoms with Crippen molar-refractivity contribution in [2.75, 3.05) is 4.72 Å². The third-order valence-electron chi connectivity index (χ3n) is 5.48. The molecule has 0 spiro atoms. The molecule has 132 valence electrons. The van der Waals surface area contributed by atoms with Crippen LogP contribution in [0.5, 0.6) is 0 Å². The Bertz CT molecular complexity index is 815. The lowest BCUT2D eigenvalue weighted by molar-refractivity contribution is 0.443. The largest absolute Gasteiger partial charge is 0.280 e. The second kappa shape index (κ2) is 6.83. The van der Waals surface area contributed by atoms with Crippen LogP contribution in [-0.2, 0) is 10.0 Å². The number of anilines is 1. The molecule has 0 amide bonds. The second-order valence-electron chi connectivity index (χ2n) is 7.41. The van der Waals surface area contributed by atoms with E-state index in [0.717, 1.165) is 0 Å². The van der Waals surface area contributed by atoms with Gasteiger partial charge in [0.05, 0.1) is 4.90 Å². The first kappa shape index (κ1) is 16.6. The summed E-state index contributed by atoms with van der Waals surface area (Å²) >= 11 is 0. The third-order valence-corrected chi connectivity index (χ3v) is 6.88. The van der Waals surface area contributed by atoms with E-state index in [1.165, 1.54) is 56.1 Å². The lowest BCUT2D eigenvalue weighted by atomic mass is 9.84. The first-order valence-corrected chi connectivity index (χ1v) is 10.8. The van der Waals surface area contributed by atoms with Crippen LogP contribution in [0.4, 0.5) is 5.69 Å². The van der Waals surface area contributed by atoms with Crippen LogP contribution in [-0.4, -0.2) is 8.42 Å². The molecular weight excluding hydrogens is 330 g/mol. The van der Waals surface area contributed by atoms with Gasteiger partial charge in [-0.05, 0) is 72.9 Å². The Morgan fingerprint density at radius 1 is 0.680 bits per heavy atom. The zero-order chi connectivity index (χ0) is 17.3. The van der Waals surface area contributed by atoms with E-state index < -0.39 is 10.0 Å². The van der Waals surface area contributed by atoms with E-state index in [-0.39, 0.29) is 0 Å². The highest BCUT2D eigenvalue weighted by atomic mass is 32.2. The minimum atomic E-state index is -3.53. The first-order valence-electron chi connectivity index (χ1n) is 9.34. The molecule has 0 saturated heterocycles. The molecule has 2 aliphatic rings. The molecule has 4 rings (SSSR count). The molecule has 0 heterocycles. The van der Waals surface area contributed by atoms with Gasteiger partial charge in [0, 0.05) is 5.69 Å². The van der Waals surface area contributed by atoms with Gasteiger partial charge in [-0.1, -0.05) is 43.5 Å². The third kappa shape index (κ3) is 3.90. The van der Waals surface area contributed by atoms with Crippen molar-refractivity contribution < 1.29 is 8.42 Å². The maximum atomic E-state index is 12.6. The van der Waals surface area contributed by atoms with Crippen LogP contribution in [0, 0.1) is 0 Å². The monoisotopic (exact) mass is 355 g/mol. The quantitative estimate of drug-likeness (QED) is 0.779. The molecular formula is C21H25NO2S. The van der Waals surface area contributed by atoms with Crippen molar-refractivity contribution in [1.82, 2.24) is 0 Å². The molecule has 0 aromatic heterocycles. The van der Waals surface area contributed by atoms with E-state index in [0.29, 0.717) is 22.4 Å². The Kier molecular flexibility index (Phi) is 4.55. The first-order chi connectivity index (χ1) is 12.1. The molecule has 0 unspecified atom stereocenters. The topological polar surface area (TPSA) is 46.2 Å². The Morgan fingerprint density at radius 2 is 1.20 bits per heavy atom. The van der Waals surface area contributed by atoms with Crippen molar-refractivity contribution in [3.63, 3.8) is 0 Å². The predicted octanol–water partition coefficient (Wildman–Crippen LogP) is 5.41. The molecule has 2 aliphatic carbocycles. The van der Waals surface area contributed by atoms with Gasteiger partial charge in [0.2, 0.25) is 0 Å². The molecule has 0 atom stereocenters. The van der Waals surface area contributed by atoms with E-state index in [2.05, 4.69) is 4.72 Å². The second-order valence-corrected chi connectivity index (χ2v) is 9.09. The summed E-state index contributed by atoms with van der Waals surface area (Å²) in [6, 6.07) is 15.2. The van der Waals surface area contributed by atoms with Gasteiger partial charge in [0.25, 0.3) is 10.0 Å². The lowest BCUT2D eigenvalue weighted by Gasteiger charge is -2.22. The number of hydrogen-bond donors (Lipinski definition) is 1. The van der Waals surface area contributed by atoms with Crippen molar-refractivity contribution in [1.29, 1.82) is 0 Å². The lowest BCUT2D eigenvalue weighted by Crippen LogP contribution is -2.13. The van der Waals surface area contributed by atoms with Crippen LogP contribution in [0.3, 0.4) is 0 Å². The molecule has 2 aromatic carbocycles. The minimum absolute atomic E-state index is 0.332. The maximum absolute atomic E-state index is 12.6. The van der Waals surface area contributed by atoms with E-state index >= 15 is 0 Å². The minimum Gasteiger partial charge on any atom is -0.280 e. The number of hydrogen-bond acceptors (Lipinski definition) is 2. The summed E-state index contributed by atoms with van der Waals surface area (Å²) in [6.45, 7) is 0. The molecule has 3 nitrogen and oxygen atoms in total. The number of sulfonamides is 1. The van der Waals surface area contributed by atoms with Crippen LogP contribution in [0.25, 0.3) is 0 Å². The van der Waals surface area contributed by atoms with E-state index in [4.69, 9.17) is 0 Å². The summed E-state index contributed by atoms with van der Waals surface area (Å²) in [5.74, 6) is 1.27. The van der Waals surface area contributed by atoms with Gasteiger partial charge in [-0.15, -0.1) is 0 Å². The predicted molar refractivity (Wildman–Crippen MR) is 101 cm³/mol. The normalized spacial score (nSPS) is 18.9. The summed E-state index contributed by atoms with van der Waals surface area (Å²) in [5, 5.41) is 0. The van der Waals surface area contributed by atoms with E-state index in [1.54, 1.807) is 12.1 Å². The number of nitrogens with one attached hydrogen (secondary N) is 1. The smallest absolute Gasteiger partial charge is 0.261 e. The molecule has 4 heteroatoms. The average Bonchev–Trinajstić information content (AvgIpc) is 3.48. The van der Waals surface area contributed by atoms with Gasteiger partial charge < -0.3 is 0 Å². The van der Waals surface area contributed by atoms with Crippen molar-refractivity contribution >= 4 is 15.7 Å². The summed E-state index contributed by atoms with van der Waals surface area (Å²) in [4.78, 5) is 0.332. The molecule has 2 aromatic rings. The van der Waals surface area contributed by atoms with Crippen LogP contribution < -0.4 is 4.72 Å². The molecule has 2 fully saturated rings. The standard InChI is InChI=1S/C21H25NO2S/c23-25(24,22-20-12-8-18(9-13-20)17-6-7-17)21-14-10-19(11-15-21)16-4-2-1-3-5-16/h8-17,22H,1-7H2. The SMILES string of the molecule is O=S(=O)(Nc1ccc(C2CC2)cc1)c1ccc(C2CCCCC2)cc1. The Morgan fingerprint density at radius 3 is 1.76 bits per heavy atom. The maximum Gasteiger partial charge on any atom is 0.261 e. The van der Waals surface area contributed by atoms with Gasteiger partial charge >= 0.3 is 0 Å². The summed E-state index contributed by atoms with van der Waals surface area (Å²) in [6.07, 6.45) is 8.82. The van der Waals surface area contributed by atoms with Gasteiger partial charge in [-0.25, -0.2) is 8.42 Å². The molecule has 25 heavy (non-hydrogen) atoms. The van der Waals surface area contributed by atoms with Gasteiger partial charge in [-0.2, -0.15) is 0 Å². The van der Waals surface area contributed by atoms with E-state index in [9.17, 15) is 8.42 Å². The number of rotatable bonds is 5. The van der Waals surface area contributed by atoms with Crippen molar-refractivity contribution in [2.24, 2.45) is 0 Å². The zero-order valence-electron chi connectivity index (χ0n) is 14.4. The fourth-order valence-electron chi connectivity index (χ4n) is 3.81. The highest BCUT2D eigenvalue weighted by Crippen LogP contribution is 2.40. The fraction of sp³-hybridized carbons (Fsp3) is 0.429. The van der Waals surface area contributed by atoms with Gasteiger partial charge in [-0.3, -0.25) is 4.72 Å². The Labute approximate surface area is 150 Å². The van der Waals surface area contributed by atoms with Crippen LogP contribution >= 0.6 is 0 Å². The average molecular weight is 356 g/mol. The van der Waals surface area contributed by atoms with Crippen LogP contribution in [0.2, 0.25) is 0 Å². The molecule has 0 aliphatic heterocycles. The van der Waals surface area contributed by atoms with Gasteiger partial charge in [0.1, 0.15) is 0 Å². The molecule has 2 saturated carbocycles. The van der Waals surface area contributed by atoms with Gasteiger partial charge in [0.15, 0.2) is 0 Å². The van der Waals surface area contributed by atoms with Crippen molar-refractivity contribution in [3.05, 3.63) is 59.7 Å². The fourth-order valence-corrected chi connectivity index (χ4v) is 4.87. The van der Waals surface area contributed by atoms with Crippen LogP contribution in [0.15, 0.2) is 53.4 Å². The zero-order valence-corrected chi connectivity index (χ0v) is 15.3. The van der Waals surface area contributed by atoms with Crippen molar-refractivity contribution in [2.45, 2.75) is 61.7 Å². The molecule has 1 N–H and O–H groups in total. The van der Waals surface area contributed by atoms with Crippen LogP contribution in [0.1, 0.15) is 67.9 Å².